The first kappa shape index (κ1) is 17.0. The summed E-state index contributed by atoms with van der Waals surface area (Å²) in [5, 5.41) is 2.19. The van der Waals surface area contributed by atoms with E-state index < -0.39 is 0 Å². The lowest BCUT2D eigenvalue weighted by Gasteiger charge is -2.10. The van der Waals surface area contributed by atoms with Crippen molar-refractivity contribution in [3.8, 4) is 17.2 Å². The molecule has 136 valence electrons. The lowest BCUT2D eigenvalue weighted by molar-refractivity contribution is 0.354. The van der Waals surface area contributed by atoms with Crippen molar-refractivity contribution < 1.29 is 18.6 Å². The van der Waals surface area contributed by atoms with Crippen molar-refractivity contribution in [2.75, 3.05) is 21.3 Å². The lowest BCUT2D eigenvalue weighted by atomic mass is 10.0. The molecule has 0 N–H and O–H groups in total. The van der Waals surface area contributed by atoms with Gasteiger partial charge in [-0.2, -0.15) is 0 Å². The molecule has 0 unspecified atom stereocenters. The highest BCUT2D eigenvalue weighted by molar-refractivity contribution is 6.09. The predicted octanol–water partition coefficient (Wildman–Crippen LogP) is 3.52. The molecule has 1 aromatic heterocycles. The van der Waals surface area contributed by atoms with Gasteiger partial charge in [0.05, 0.1) is 21.3 Å². The second kappa shape index (κ2) is 6.68. The van der Waals surface area contributed by atoms with Crippen LogP contribution in [-0.2, 0) is 0 Å². The van der Waals surface area contributed by atoms with E-state index in [-0.39, 0.29) is 10.8 Å². The molecule has 3 aromatic carbocycles. The molecule has 0 fully saturated rings. The fraction of sp³-hybridized carbons (Fsp3) is 0.136. The maximum absolute atomic E-state index is 13.1. The Labute approximate surface area is 155 Å². The molecule has 5 nitrogen and oxygen atoms in total. The van der Waals surface area contributed by atoms with E-state index in [1.807, 2.05) is 30.3 Å². The van der Waals surface area contributed by atoms with Gasteiger partial charge in [0.2, 0.25) is 5.43 Å². The fourth-order valence-corrected chi connectivity index (χ4v) is 3.36. The first-order chi connectivity index (χ1) is 13.2. The van der Waals surface area contributed by atoms with Crippen LogP contribution in [0.3, 0.4) is 0 Å². The number of ether oxygens (including phenoxy) is 3. The number of benzene rings is 3. The summed E-state index contributed by atoms with van der Waals surface area (Å²) in [5.41, 5.74) is 1.36. The third-order valence-electron chi connectivity index (χ3n) is 4.59. The van der Waals surface area contributed by atoms with Gasteiger partial charge in [0.1, 0.15) is 11.3 Å². The number of hydrogen-bond donors (Lipinski definition) is 0. The second-order valence-electron chi connectivity index (χ2n) is 6.02. The smallest absolute Gasteiger partial charge is 0.228 e. The summed E-state index contributed by atoms with van der Waals surface area (Å²) < 4.78 is 22.1. The summed E-state index contributed by atoms with van der Waals surface area (Å²) in [4.78, 5) is 13.1. The molecule has 0 saturated heterocycles. The third-order valence-corrected chi connectivity index (χ3v) is 4.59. The first-order valence-electron chi connectivity index (χ1n) is 8.43. The molecule has 27 heavy (non-hydrogen) atoms. The molecule has 5 heteroatoms. The van der Waals surface area contributed by atoms with Gasteiger partial charge in [-0.3, -0.25) is 4.79 Å². The zero-order valence-electron chi connectivity index (χ0n) is 15.2. The van der Waals surface area contributed by atoms with Crippen LogP contribution in [0.4, 0.5) is 0 Å². The average molecular weight is 362 g/mol. The molecule has 0 aliphatic heterocycles. The van der Waals surface area contributed by atoms with Gasteiger partial charge in [0, 0.05) is 21.7 Å². The second-order valence-corrected chi connectivity index (χ2v) is 6.02. The van der Waals surface area contributed by atoms with E-state index >= 15 is 0 Å². The molecule has 0 saturated carbocycles. The van der Waals surface area contributed by atoms with Crippen LogP contribution in [0.15, 0.2) is 57.7 Å². The zero-order chi connectivity index (χ0) is 19.0. The summed E-state index contributed by atoms with van der Waals surface area (Å²) in [6.45, 7) is 0. The van der Waals surface area contributed by atoms with Crippen molar-refractivity contribution in [2.45, 2.75) is 0 Å². The summed E-state index contributed by atoms with van der Waals surface area (Å²) in [5.74, 6) is 1.83. The Morgan fingerprint density at radius 3 is 2.33 bits per heavy atom. The standard InChI is InChI=1S/C22H18O5/c1-24-16-11-10-15-20-14(16)7-5-8-17(20)27-19(21(15)23)12-13-6-4-9-18(25-2)22(13)26-3/h4-12H,1-3H3/b19-12+. The topological polar surface area (TPSA) is 57.9 Å². The van der Waals surface area contributed by atoms with Crippen molar-refractivity contribution in [3.05, 3.63) is 69.7 Å². The summed E-state index contributed by atoms with van der Waals surface area (Å²) in [6.07, 6.45) is 1.68. The van der Waals surface area contributed by atoms with Gasteiger partial charge in [0.25, 0.3) is 0 Å². The van der Waals surface area contributed by atoms with E-state index in [2.05, 4.69) is 0 Å². The first-order valence-corrected chi connectivity index (χ1v) is 8.43. The van der Waals surface area contributed by atoms with Crippen LogP contribution in [-0.4, -0.2) is 21.3 Å². The molecule has 0 amide bonds. The van der Waals surface area contributed by atoms with Crippen molar-refractivity contribution >= 4 is 27.8 Å². The molecule has 0 spiro atoms. The Morgan fingerprint density at radius 2 is 1.59 bits per heavy atom. The SMILES string of the molecule is COc1cccc(/C=c2/oc3cccc4c(OC)ccc(c2=O)c34)c1OC. The quantitative estimate of drug-likeness (QED) is 0.556. The van der Waals surface area contributed by atoms with Gasteiger partial charge in [-0.1, -0.05) is 24.3 Å². The van der Waals surface area contributed by atoms with Crippen LogP contribution in [0.1, 0.15) is 5.56 Å². The van der Waals surface area contributed by atoms with E-state index in [4.69, 9.17) is 18.6 Å². The monoisotopic (exact) mass is 362 g/mol. The number of rotatable bonds is 4. The van der Waals surface area contributed by atoms with Gasteiger partial charge in [0.15, 0.2) is 16.9 Å². The Bertz CT molecular complexity index is 1250. The Hall–Kier alpha value is -3.47. The Balaban J connectivity index is 2.07. The molecule has 4 aromatic rings. The van der Waals surface area contributed by atoms with Crippen LogP contribution in [0.25, 0.3) is 27.8 Å². The molecule has 0 aliphatic carbocycles. The summed E-state index contributed by atoms with van der Waals surface area (Å²) in [7, 11) is 4.74. The molecular weight excluding hydrogens is 344 g/mol. The molecule has 0 radical (unpaired) electrons. The van der Waals surface area contributed by atoms with E-state index in [0.29, 0.717) is 33.8 Å². The van der Waals surface area contributed by atoms with Crippen molar-refractivity contribution in [3.63, 3.8) is 0 Å². The predicted molar refractivity (Wildman–Crippen MR) is 105 cm³/mol. The maximum atomic E-state index is 13.1. The number of para-hydroxylation sites is 1. The normalized spacial score (nSPS) is 11.9. The van der Waals surface area contributed by atoms with Crippen molar-refractivity contribution in [1.82, 2.24) is 0 Å². The average Bonchev–Trinajstić information content (AvgIpc) is 2.71. The number of hydrogen-bond acceptors (Lipinski definition) is 5. The fourth-order valence-electron chi connectivity index (χ4n) is 3.36. The minimum absolute atomic E-state index is 0.189. The molecule has 1 heterocycles. The highest BCUT2D eigenvalue weighted by atomic mass is 16.5. The van der Waals surface area contributed by atoms with Crippen LogP contribution >= 0.6 is 0 Å². The molecule has 0 bridgehead atoms. The third kappa shape index (κ3) is 2.68. The van der Waals surface area contributed by atoms with Crippen molar-refractivity contribution in [1.29, 1.82) is 0 Å². The molecule has 0 atom stereocenters. The summed E-state index contributed by atoms with van der Waals surface area (Å²) in [6, 6.07) is 14.7. The Kier molecular flexibility index (Phi) is 4.20. The van der Waals surface area contributed by atoms with Crippen LogP contribution < -0.4 is 25.1 Å². The van der Waals surface area contributed by atoms with E-state index in [1.165, 1.54) is 0 Å². The molecular formula is C22H18O5. The minimum Gasteiger partial charge on any atom is -0.496 e. The van der Waals surface area contributed by atoms with Crippen LogP contribution in [0.2, 0.25) is 0 Å². The highest BCUT2D eigenvalue weighted by Crippen LogP contribution is 2.32. The van der Waals surface area contributed by atoms with Crippen molar-refractivity contribution in [2.24, 2.45) is 0 Å². The maximum Gasteiger partial charge on any atom is 0.228 e. The lowest BCUT2D eigenvalue weighted by Crippen LogP contribution is -2.24. The van der Waals surface area contributed by atoms with Gasteiger partial charge in [-0.15, -0.1) is 0 Å². The molecule has 4 rings (SSSR count). The van der Waals surface area contributed by atoms with Gasteiger partial charge in [-0.05, 0) is 30.3 Å². The van der Waals surface area contributed by atoms with E-state index in [0.717, 1.165) is 10.8 Å². The van der Waals surface area contributed by atoms with E-state index in [9.17, 15) is 4.79 Å². The minimum atomic E-state index is -0.189. The van der Waals surface area contributed by atoms with Crippen LogP contribution in [0, 0.1) is 0 Å². The molecule has 0 aliphatic rings. The van der Waals surface area contributed by atoms with Crippen LogP contribution in [0.5, 0.6) is 17.2 Å². The van der Waals surface area contributed by atoms with Gasteiger partial charge < -0.3 is 18.6 Å². The Morgan fingerprint density at radius 1 is 0.815 bits per heavy atom. The zero-order valence-corrected chi connectivity index (χ0v) is 15.2. The number of methoxy groups -OCH3 is 3. The van der Waals surface area contributed by atoms with Gasteiger partial charge in [-0.25, -0.2) is 0 Å². The highest BCUT2D eigenvalue weighted by Gasteiger charge is 2.13. The summed E-state index contributed by atoms with van der Waals surface area (Å²) >= 11 is 0. The largest absolute Gasteiger partial charge is 0.496 e. The van der Waals surface area contributed by atoms with E-state index in [1.54, 1.807) is 45.6 Å². The van der Waals surface area contributed by atoms with Gasteiger partial charge >= 0.3 is 0 Å².